The number of carboxylic acid groups (broad SMARTS) is 1. The molecule has 6 nitrogen and oxygen atoms in total. The molecule has 0 aromatic carbocycles. The molecule has 0 amide bonds. The van der Waals surface area contributed by atoms with Crippen LogP contribution in [-0.2, 0) is 11.2 Å². The van der Waals surface area contributed by atoms with Gasteiger partial charge in [-0.25, -0.2) is 4.98 Å². The van der Waals surface area contributed by atoms with Crippen molar-refractivity contribution < 1.29 is 9.90 Å². The zero-order chi connectivity index (χ0) is 11.5. The molecule has 3 N–H and O–H groups in total. The molecule has 0 fully saturated rings. The molecule has 0 atom stereocenters. The Morgan fingerprint density at radius 1 is 1.56 bits per heavy atom. The Kier molecular flexibility index (Phi) is 2.72. The van der Waals surface area contributed by atoms with Crippen LogP contribution in [0.4, 0.5) is 5.82 Å². The third kappa shape index (κ3) is 2.10. The maximum atomic E-state index is 10.4. The molecule has 2 rings (SSSR count). The van der Waals surface area contributed by atoms with E-state index < -0.39 is 5.97 Å². The van der Waals surface area contributed by atoms with E-state index in [2.05, 4.69) is 10.1 Å². The molecule has 16 heavy (non-hydrogen) atoms. The number of nitrogens with zero attached hydrogens (tertiary/aromatic N) is 3. The number of fused-ring (bicyclic) bond motifs is 1. The number of carboxylic acids is 1. The number of anilines is 1. The normalized spacial score (nSPS) is 10.8. The van der Waals surface area contributed by atoms with Crippen LogP contribution in [-0.4, -0.2) is 25.7 Å². The van der Waals surface area contributed by atoms with Gasteiger partial charge in [-0.05, 0) is 12.8 Å². The van der Waals surface area contributed by atoms with Crippen LogP contribution < -0.4 is 5.73 Å². The number of aliphatic carboxylic acids is 1. The summed E-state index contributed by atoms with van der Waals surface area (Å²) in [6.45, 7) is 0. The molecule has 2 aromatic rings. The molecule has 0 aliphatic rings. The van der Waals surface area contributed by atoms with E-state index in [9.17, 15) is 4.79 Å². The van der Waals surface area contributed by atoms with Crippen LogP contribution in [0.1, 0.15) is 18.5 Å². The van der Waals surface area contributed by atoms with Crippen molar-refractivity contribution in [2.45, 2.75) is 19.3 Å². The van der Waals surface area contributed by atoms with Crippen molar-refractivity contribution in [1.29, 1.82) is 0 Å². The Morgan fingerprint density at radius 3 is 3.12 bits per heavy atom. The second kappa shape index (κ2) is 4.18. The van der Waals surface area contributed by atoms with Crippen LogP contribution in [0.25, 0.3) is 5.65 Å². The minimum atomic E-state index is -0.793. The first-order chi connectivity index (χ1) is 7.66. The smallest absolute Gasteiger partial charge is 0.303 e. The van der Waals surface area contributed by atoms with Gasteiger partial charge in [0.15, 0.2) is 5.65 Å². The predicted molar refractivity (Wildman–Crippen MR) is 58.0 cm³/mol. The van der Waals surface area contributed by atoms with Gasteiger partial charge in [-0.3, -0.25) is 4.79 Å². The highest BCUT2D eigenvalue weighted by Crippen LogP contribution is 2.10. The minimum Gasteiger partial charge on any atom is -0.481 e. The average molecular weight is 220 g/mol. The molecule has 0 unspecified atom stereocenters. The van der Waals surface area contributed by atoms with Crippen LogP contribution in [0.15, 0.2) is 18.3 Å². The van der Waals surface area contributed by atoms with Crippen LogP contribution in [0, 0.1) is 0 Å². The van der Waals surface area contributed by atoms with Gasteiger partial charge in [0.25, 0.3) is 0 Å². The van der Waals surface area contributed by atoms with Gasteiger partial charge >= 0.3 is 5.97 Å². The first-order valence-corrected chi connectivity index (χ1v) is 4.98. The van der Waals surface area contributed by atoms with Gasteiger partial charge in [0, 0.05) is 24.2 Å². The van der Waals surface area contributed by atoms with E-state index in [1.165, 1.54) is 0 Å². The molecular weight excluding hydrogens is 208 g/mol. The number of nitrogen functional groups attached to an aromatic ring is 1. The molecular formula is C10H12N4O2. The number of aryl methyl sites for hydroxylation is 1. The number of hydrogen-bond donors (Lipinski definition) is 2. The summed E-state index contributed by atoms with van der Waals surface area (Å²) >= 11 is 0. The van der Waals surface area contributed by atoms with Crippen LogP contribution in [0.3, 0.4) is 0 Å². The molecule has 6 heteroatoms. The average Bonchev–Trinajstić information content (AvgIpc) is 2.65. The fraction of sp³-hybridized carbons (Fsp3) is 0.300. The first kappa shape index (κ1) is 10.4. The zero-order valence-corrected chi connectivity index (χ0v) is 8.63. The zero-order valence-electron chi connectivity index (χ0n) is 8.63. The number of carbonyl (C=O) groups is 1. The van der Waals surface area contributed by atoms with E-state index in [1.54, 1.807) is 22.8 Å². The van der Waals surface area contributed by atoms with Gasteiger partial charge in [0.2, 0.25) is 0 Å². The van der Waals surface area contributed by atoms with Gasteiger partial charge in [-0.1, -0.05) is 0 Å². The van der Waals surface area contributed by atoms with Crippen molar-refractivity contribution in [1.82, 2.24) is 14.6 Å². The van der Waals surface area contributed by atoms with Gasteiger partial charge in [-0.15, -0.1) is 0 Å². The Bertz CT molecular complexity index is 521. The SMILES string of the molecule is Nc1cc(CCCC(=O)O)nc2ccnn12. The van der Waals surface area contributed by atoms with Crippen molar-refractivity contribution >= 4 is 17.4 Å². The van der Waals surface area contributed by atoms with Crippen LogP contribution in [0.5, 0.6) is 0 Å². The largest absolute Gasteiger partial charge is 0.481 e. The topological polar surface area (TPSA) is 93.5 Å². The van der Waals surface area contributed by atoms with Gasteiger partial charge in [0.1, 0.15) is 5.82 Å². The van der Waals surface area contributed by atoms with E-state index in [0.717, 1.165) is 5.69 Å². The molecule has 0 saturated heterocycles. The second-order valence-corrected chi connectivity index (χ2v) is 3.52. The lowest BCUT2D eigenvalue weighted by atomic mass is 10.2. The van der Waals surface area contributed by atoms with Gasteiger partial charge in [0.05, 0.1) is 6.20 Å². The van der Waals surface area contributed by atoms with Crippen molar-refractivity contribution in [2.75, 3.05) is 5.73 Å². The Hall–Kier alpha value is -2.11. The minimum absolute atomic E-state index is 0.145. The van der Waals surface area contributed by atoms with Crippen molar-refractivity contribution in [3.63, 3.8) is 0 Å². The van der Waals surface area contributed by atoms with E-state index in [-0.39, 0.29) is 6.42 Å². The fourth-order valence-corrected chi connectivity index (χ4v) is 1.54. The van der Waals surface area contributed by atoms with E-state index in [0.29, 0.717) is 24.3 Å². The molecule has 0 aliphatic carbocycles. The van der Waals surface area contributed by atoms with E-state index in [4.69, 9.17) is 10.8 Å². The van der Waals surface area contributed by atoms with Crippen molar-refractivity contribution in [3.8, 4) is 0 Å². The number of rotatable bonds is 4. The monoisotopic (exact) mass is 220 g/mol. The third-order valence-electron chi connectivity index (χ3n) is 2.26. The number of aromatic nitrogens is 3. The summed E-state index contributed by atoms with van der Waals surface area (Å²) in [5, 5.41) is 12.5. The Balaban J connectivity index is 2.15. The summed E-state index contributed by atoms with van der Waals surface area (Å²) in [7, 11) is 0. The summed E-state index contributed by atoms with van der Waals surface area (Å²) in [6, 6.07) is 3.49. The third-order valence-corrected chi connectivity index (χ3v) is 2.26. The number of hydrogen-bond acceptors (Lipinski definition) is 4. The van der Waals surface area contributed by atoms with E-state index >= 15 is 0 Å². The lowest BCUT2D eigenvalue weighted by molar-refractivity contribution is -0.137. The van der Waals surface area contributed by atoms with Crippen molar-refractivity contribution in [3.05, 3.63) is 24.0 Å². The lowest BCUT2D eigenvalue weighted by Gasteiger charge is -2.03. The van der Waals surface area contributed by atoms with Crippen LogP contribution in [0.2, 0.25) is 0 Å². The molecule has 2 aromatic heterocycles. The molecule has 0 spiro atoms. The van der Waals surface area contributed by atoms with Crippen LogP contribution >= 0.6 is 0 Å². The van der Waals surface area contributed by atoms with Gasteiger partial charge < -0.3 is 10.8 Å². The highest BCUT2D eigenvalue weighted by atomic mass is 16.4. The maximum absolute atomic E-state index is 10.4. The summed E-state index contributed by atoms with van der Waals surface area (Å²) in [6.07, 6.45) is 2.94. The predicted octanol–water partition coefficient (Wildman–Crippen LogP) is 0.719. The molecule has 0 saturated carbocycles. The fourth-order valence-electron chi connectivity index (χ4n) is 1.54. The summed E-state index contributed by atoms with van der Waals surface area (Å²) in [5.41, 5.74) is 7.26. The summed E-state index contributed by atoms with van der Waals surface area (Å²) in [4.78, 5) is 14.7. The second-order valence-electron chi connectivity index (χ2n) is 3.52. The molecule has 0 bridgehead atoms. The Morgan fingerprint density at radius 2 is 2.38 bits per heavy atom. The standard InChI is InChI=1S/C10H12N4O2/c11-8-6-7(2-1-3-10(15)16)13-9-4-5-12-14(8)9/h4-6H,1-3,11H2,(H,15,16). The number of nitrogens with two attached hydrogens (primary N) is 1. The summed E-state index contributed by atoms with van der Waals surface area (Å²) in [5.74, 6) is -0.279. The highest BCUT2D eigenvalue weighted by Gasteiger charge is 2.04. The lowest BCUT2D eigenvalue weighted by Crippen LogP contribution is -2.03. The molecule has 84 valence electrons. The first-order valence-electron chi connectivity index (χ1n) is 4.98. The quantitative estimate of drug-likeness (QED) is 0.791. The maximum Gasteiger partial charge on any atom is 0.303 e. The van der Waals surface area contributed by atoms with E-state index in [1.807, 2.05) is 0 Å². The van der Waals surface area contributed by atoms with Crippen molar-refractivity contribution in [2.24, 2.45) is 0 Å². The summed E-state index contributed by atoms with van der Waals surface area (Å²) < 4.78 is 1.54. The Labute approximate surface area is 91.7 Å². The molecule has 0 radical (unpaired) electrons. The highest BCUT2D eigenvalue weighted by molar-refractivity contribution is 5.66. The molecule has 2 heterocycles. The van der Waals surface area contributed by atoms with Gasteiger partial charge in [-0.2, -0.15) is 9.61 Å². The molecule has 0 aliphatic heterocycles.